The summed E-state index contributed by atoms with van der Waals surface area (Å²) < 4.78 is 0. The maximum atomic E-state index is 4.27. The van der Waals surface area contributed by atoms with E-state index in [1.54, 1.807) is 24.8 Å². The average molecular weight is 244 g/mol. The molecule has 0 fully saturated rings. The molecule has 1 aromatic heterocycles. The first kappa shape index (κ1) is 14.0. The quantitative estimate of drug-likeness (QED) is 0.570. The molecule has 0 radical (unpaired) electrons. The molecule has 0 aliphatic carbocycles. The summed E-state index contributed by atoms with van der Waals surface area (Å²) in [6, 6.07) is 3.95. The van der Waals surface area contributed by atoms with Gasteiger partial charge in [-0.15, -0.1) is 0 Å². The zero-order chi connectivity index (χ0) is 13.2. The van der Waals surface area contributed by atoms with Crippen molar-refractivity contribution < 1.29 is 0 Å². The zero-order valence-corrected chi connectivity index (χ0v) is 10.8. The summed E-state index contributed by atoms with van der Waals surface area (Å²) in [6.45, 7) is 10.9. The summed E-state index contributed by atoms with van der Waals surface area (Å²) in [5.41, 5.74) is 1.17. The van der Waals surface area contributed by atoms with Gasteiger partial charge in [-0.25, -0.2) is 4.99 Å². The molecule has 1 unspecified atom stereocenters. The summed E-state index contributed by atoms with van der Waals surface area (Å²) in [4.78, 5) is 8.26. The van der Waals surface area contributed by atoms with Crippen LogP contribution in [0, 0.1) is 5.92 Å². The number of nitrogens with one attached hydrogen (secondary N) is 2. The molecule has 1 aromatic rings. The number of rotatable bonds is 7. The highest BCUT2D eigenvalue weighted by Gasteiger charge is 2.08. The maximum Gasteiger partial charge on any atom is 0.106 e. The Kier molecular flexibility index (Phi) is 6.25. The van der Waals surface area contributed by atoms with E-state index >= 15 is 0 Å². The molecule has 18 heavy (non-hydrogen) atoms. The van der Waals surface area contributed by atoms with E-state index in [-0.39, 0.29) is 5.92 Å². The summed E-state index contributed by atoms with van der Waals surface area (Å²) in [5, 5.41) is 6.41. The van der Waals surface area contributed by atoms with Gasteiger partial charge in [0.15, 0.2) is 0 Å². The van der Waals surface area contributed by atoms with Crippen LogP contribution in [0.5, 0.6) is 0 Å². The van der Waals surface area contributed by atoms with Crippen LogP contribution >= 0.6 is 0 Å². The maximum absolute atomic E-state index is 4.27. The van der Waals surface area contributed by atoms with Crippen molar-refractivity contribution in [3.05, 3.63) is 55.6 Å². The van der Waals surface area contributed by atoms with Crippen molar-refractivity contribution in [2.24, 2.45) is 10.9 Å². The number of hydrogen-bond donors (Lipinski definition) is 2. The Morgan fingerprint density at radius 1 is 1.44 bits per heavy atom. The Morgan fingerprint density at radius 3 is 2.78 bits per heavy atom. The van der Waals surface area contributed by atoms with Gasteiger partial charge in [0.25, 0.3) is 0 Å². The smallest absolute Gasteiger partial charge is 0.106 e. The second-order valence-electron chi connectivity index (χ2n) is 3.92. The highest BCUT2D eigenvalue weighted by molar-refractivity contribution is 5.85. The second kappa shape index (κ2) is 8.06. The van der Waals surface area contributed by atoms with Gasteiger partial charge >= 0.3 is 0 Å². The van der Waals surface area contributed by atoms with Crippen LogP contribution in [0.4, 0.5) is 0 Å². The van der Waals surface area contributed by atoms with Crippen LogP contribution in [0.2, 0.25) is 0 Å². The highest BCUT2D eigenvalue weighted by atomic mass is 15.0. The molecule has 0 aliphatic heterocycles. The first-order chi connectivity index (χ1) is 8.77. The Balaban J connectivity index is 2.55. The first-order valence-corrected chi connectivity index (χ1v) is 5.93. The summed E-state index contributed by atoms with van der Waals surface area (Å²) in [6.07, 6.45) is 6.80. The van der Waals surface area contributed by atoms with Crippen molar-refractivity contribution in [3.63, 3.8) is 0 Å². The van der Waals surface area contributed by atoms with Crippen molar-refractivity contribution in [1.82, 2.24) is 15.6 Å². The van der Waals surface area contributed by atoms with E-state index in [4.69, 9.17) is 0 Å². The Labute approximate surface area is 109 Å². The van der Waals surface area contributed by atoms with Gasteiger partial charge in [-0.2, -0.15) is 0 Å². The molecule has 0 bridgehead atoms. The summed E-state index contributed by atoms with van der Waals surface area (Å²) in [7, 11) is 0. The van der Waals surface area contributed by atoms with Crippen molar-refractivity contribution in [3.8, 4) is 0 Å². The van der Waals surface area contributed by atoms with Gasteiger partial charge in [0.1, 0.15) is 5.84 Å². The highest BCUT2D eigenvalue weighted by Crippen LogP contribution is 2.00. The van der Waals surface area contributed by atoms with Crippen molar-refractivity contribution >= 4 is 5.84 Å². The van der Waals surface area contributed by atoms with Gasteiger partial charge in [-0.1, -0.05) is 20.1 Å². The van der Waals surface area contributed by atoms with Gasteiger partial charge in [-0.3, -0.25) is 4.98 Å². The number of amidine groups is 1. The fourth-order valence-corrected chi connectivity index (χ4v) is 1.50. The van der Waals surface area contributed by atoms with Crippen LogP contribution in [-0.2, 0) is 6.54 Å². The van der Waals surface area contributed by atoms with E-state index < -0.39 is 0 Å². The van der Waals surface area contributed by atoms with Crippen LogP contribution in [0.3, 0.4) is 0 Å². The van der Waals surface area contributed by atoms with Crippen LogP contribution in [0.1, 0.15) is 12.5 Å². The van der Waals surface area contributed by atoms with Gasteiger partial charge in [0, 0.05) is 37.6 Å². The minimum Gasteiger partial charge on any atom is -0.391 e. The fourth-order valence-electron chi connectivity index (χ4n) is 1.50. The molecule has 4 heteroatoms. The lowest BCUT2D eigenvalue weighted by molar-refractivity contribution is 0.674. The van der Waals surface area contributed by atoms with E-state index in [1.807, 2.05) is 12.1 Å². The molecule has 1 heterocycles. The van der Waals surface area contributed by atoms with E-state index in [1.165, 1.54) is 5.56 Å². The minimum atomic E-state index is 0.267. The standard InChI is InChI=1S/C14H20N4/c1-4-15-10-12(3)14(17-5-2)18-11-13-6-8-16-9-7-13/h4-9,12,15H,1-2,10-11H2,3H3,(H,17,18). The van der Waals surface area contributed by atoms with Crippen molar-refractivity contribution in [2.75, 3.05) is 6.54 Å². The molecule has 0 saturated carbocycles. The minimum absolute atomic E-state index is 0.267. The van der Waals surface area contributed by atoms with Gasteiger partial charge in [0.05, 0.1) is 0 Å². The number of pyridine rings is 1. The summed E-state index contributed by atoms with van der Waals surface area (Å²) in [5.74, 6) is 1.18. The molecule has 0 saturated heterocycles. The molecule has 0 amide bonds. The third-order valence-electron chi connectivity index (χ3n) is 2.49. The van der Waals surface area contributed by atoms with Crippen LogP contribution in [0.25, 0.3) is 0 Å². The average Bonchev–Trinajstić information content (AvgIpc) is 2.42. The Bertz CT molecular complexity index is 398. The molecular weight excluding hydrogens is 224 g/mol. The van der Waals surface area contributed by atoms with Crippen LogP contribution < -0.4 is 10.6 Å². The lowest BCUT2D eigenvalue weighted by Crippen LogP contribution is -2.33. The SMILES string of the molecule is C=C/N=C(/NCc1ccncc1)C(C)CNC=C. The molecular formula is C14H20N4. The lowest BCUT2D eigenvalue weighted by Gasteiger charge is -2.16. The van der Waals surface area contributed by atoms with E-state index in [2.05, 4.69) is 40.7 Å². The molecule has 96 valence electrons. The Morgan fingerprint density at radius 2 is 2.17 bits per heavy atom. The molecule has 2 N–H and O–H groups in total. The summed E-state index contributed by atoms with van der Waals surface area (Å²) >= 11 is 0. The molecule has 4 nitrogen and oxygen atoms in total. The van der Waals surface area contributed by atoms with Gasteiger partial charge in [0.2, 0.25) is 0 Å². The normalized spacial score (nSPS) is 12.6. The number of aliphatic imine (C=N–C) groups is 1. The molecule has 0 spiro atoms. The number of nitrogens with zero attached hydrogens (tertiary/aromatic N) is 2. The number of aromatic nitrogens is 1. The first-order valence-electron chi connectivity index (χ1n) is 5.93. The van der Waals surface area contributed by atoms with Crippen LogP contribution in [-0.4, -0.2) is 17.4 Å². The lowest BCUT2D eigenvalue weighted by atomic mass is 10.1. The molecule has 0 aliphatic rings. The van der Waals surface area contributed by atoms with Gasteiger partial charge < -0.3 is 10.6 Å². The zero-order valence-electron chi connectivity index (χ0n) is 10.8. The predicted octanol–water partition coefficient (Wildman–Crippen LogP) is 2.08. The monoisotopic (exact) mass is 244 g/mol. The topological polar surface area (TPSA) is 49.3 Å². The second-order valence-corrected chi connectivity index (χ2v) is 3.92. The molecule has 1 atom stereocenters. The van der Waals surface area contributed by atoms with E-state index in [0.29, 0.717) is 0 Å². The fraction of sp³-hybridized carbons (Fsp3) is 0.286. The third kappa shape index (κ3) is 4.82. The van der Waals surface area contributed by atoms with E-state index in [0.717, 1.165) is 18.9 Å². The molecule has 1 rings (SSSR count). The largest absolute Gasteiger partial charge is 0.391 e. The predicted molar refractivity (Wildman–Crippen MR) is 76.1 cm³/mol. The third-order valence-corrected chi connectivity index (χ3v) is 2.49. The van der Waals surface area contributed by atoms with E-state index in [9.17, 15) is 0 Å². The Hall–Kier alpha value is -2.10. The van der Waals surface area contributed by atoms with Crippen LogP contribution in [0.15, 0.2) is 55.1 Å². The van der Waals surface area contributed by atoms with Gasteiger partial charge in [-0.05, 0) is 23.9 Å². The molecule has 0 aromatic carbocycles. The van der Waals surface area contributed by atoms with Crippen molar-refractivity contribution in [1.29, 1.82) is 0 Å². The number of hydrogen-bond acceptors (Lipinski definition) is 3. The van der Waals surface area contributed by atoms with Crippen molar-refractivity contribution in [2.45, 2.75) is 13.5 Å².